The monoisotopic (exact) mass is 311 g/mol. The van der Waals surface area contributed by atoms with E-state index in [4.69, 9.17) is 11.6 Å². The molecule has 0 aliphatic carbocycles. The van der Waals surface area contributed by atoms with Crippen molar-refractivity contribution in [2.75, 3.05) is 29.9 Å². The number of hydrogen-bond donors (Lipinski definition) is 1. The topological polar surface area (TPSA) is 53.9 Å². The van der Waals surface area contributed by atoms with E-state index >= 15 is 0 Å². The zero-order valence-corrected chi connectivity index (χ0v) is 13.9. The minimum Gasteiger partial charge on any atom is -0.354 e. The summed E-state index contributed by atoms with van der Waals surface area (Å²) < 4.78 is 0. The van der Waals surface area contributed by atoms with Crippen molar-refractivity contribution in [1.29, 1.82) is 0 Å². The Bertz CT molecular complexity index is 440. The Morgan fingerprint density at radius 3 is 2.76 bits per heavy atom. The number of anilines is 2. The van der Waals surface area contributed by atoms with Crippen molar-refractivity contribution < 1.29 is 0 Å². The van der Waals surface area contributed by atoms with Gasteiger partial charge in [-0.3, -0.25) is 0 Å². The number of halogens is 1. The van der Waals surface area contributed by atoms with E-state index in [1.807, 2.05) is 0 Å². The van der Waals surface area contributed by atoms with Gasteiger partial charge in [-0.2, -0.15) is 15.0 Å². The van der Waals surface area contributed by atoms with Gasteiger partial charge in [-0.15, -0.1) is 0 Å². The van der Waals surface area contributed by atoms with Gasteiger partial charge in [0.25, 0.3) is 0 Å². The average Bonchev–Trinajstić information content (AvgIpc) is 2.71. The smallest absolute Gasteiger partial charge is 0.231 e. The second-order valence-electron chi connectivity index (χ2n) is 5.73. The van der Waals surface area contributed by atoms with Crippen molar-refractivity contribution in [1.82, 2.24) is 15.0 Å². The quantitative estimate of drug-likeness (QED) is 0.867. The summed E-state index contributed by atoms with van der Waals surface area (Å²) in [6.45, 7) is 7.24. The molecule has 1 N–H and O–H groups in total. The maximum atomic E-state index is 6.04. The van der Waals surface area contributed by atoms with E-state index in [9.17, 15) is 0 Å². The van der Waals surface area contributed by atoms with Crippen LogP contribution in [0.4, 0.5) is 11.9 Å². The van der Waals surface area contributed by atoms with Crippen LogP contribution in [-0.4, -0.2) is 34.6 Å². The predicted molar refractivity (Wildman–Crippen MR) is 88.1 cm³/mol. The highest BCUT2D eigenvalue weighted by molar-refractivity contribution is 6.28. The summed E-state index contributed by atoms with van der Waals surface area (Å²) >= 11 is 6.04. The summed E-state index contributed by atoms with van der Waals surface area (Å²) in [5.41, 5.74) is 0. The zero-order valence-electron chi connectivity index (χ0n) is 13.1. The summed E-state index contributed by atoms with van der Waals surface area (Å²) in [6, 6.07) is 0. The van der Waals surface area contributed by atoms with Gasteiger partial charge in [0.2, 0.25) is 17.2 Å². The number of nitrogens with zero attached hydrogens (tertiary/aromatic N) is 4. The van der Waals surface area contributed by atoms with E-state index in [1.54, 1.807) is 0 Å². The van der Waals surface area contributed by atoms with Crippen LogP contribution >= 0.6 is 11.6 Å². The summed E-state index contributed by atoms with van der Waals surface area (Å²) in [6.07, 6.45) is 7.36. The Labute approximate surface area is 132 Å². The predicted octanol–water partition coefficient (Wildman–Crippen LogP) is 3.75. The van der Waals surface area contributed by atoms with Crippen LogP contribution in [-0.2, 0) is 0 Å². The fraction of sp³-hybridized carbons (Fsp3) is 0.800. The number of rotatable bonds is 6. The highest BCUT2D eigenvalue weighted by Crippen LogP contribution is 2.24. The molecule has 1 fully saturated rings. The summed E-state index contributed by atoms with van der Waals surface area (Å²) in [4.78, 5) is 15.2. The Kier molecular flexibility index (Phi) is 6.49. The van der Waals surface area contributed by atoms with E-state index in [0.717, 1.165) is 32.0 Å². The molecule has 118 valence electrons. The highest BCUT2D eigenvalue weighted by Gasteiger charge is 2.19. The second-order valence-corrected chi connectivity index (χ2v) is 6.07. The molecule has 5 nitrogen and oxygen atoms in total. The molecule has 1 aromatic heterocycles. The van der Waals surface area contributed by atoms with Crippen LogP contribution in [0.5, 0.6) is 0 Å². The molecule has 1 aliphatic heterocycles. The summed E-state index contributed by atoms with van der Waals surface area (Å²) in [5, 5.41) is 3.46. The maximum absolute atomic E-state index is 6.04. The average molecular weight is 312 g/mol. The van der Waals surface area contributed by atoms with E-state index < -0.39 is 0 Å². The van der Waals surface area contributed by atoms with Crippen molar-refractivity contribution in [3.8, 4) is 0 Å². The second kappa shape index (κ2) is 8.37. The zero-order chi connectivity index (χ0) is 15.1. The molecule has 2 heterocycles. The van der Waals surface area contributed by atoms with Crippen molar-refractivity contribution in [3.63, 3.8) is 0 Å². The van der Waals surface area contributed by atoms with Crippen LogP contribution in [0, 0.1) is 5.92 Å². The van der Waals surface area contributed by atoms with Gasteiger partial charge in [0.05, 0.1) is 0 Å². The van der Waals surface area contributed by atoms with Crippen LogP contribution in [0.1, 0.15) is 52.4 Å². The molecule has 0 bridgehead atoms. The third-order valence-corrected chi connectivity index (χ3v) is 4.13. The molecule has 1 unspecified atom stereocenters. The van der Waals surface area contributed by atoms with E-state index in [-0.39, 0.29) is 5.28 Å². The standard InChI is InChI=1S/C15H26ClN5/c1-3-6-12-7-5-10-21(11-8-12)15-19-13(16)18-14(20-15)17-9-4-2/h12H,3-11H2,1-2H3,(H,17,18,19,20). The molecule has 21 heavy (non-hydrogen) atoms. The van der Waals surface area contributed by atoms with Gasteiger partial charge in [-0.1, -0.05) is 26.7 Å². The first-order valence-corrected chi connectivity index (χ1v) is 8.51. The molecular formula is C15H26ClN5. The fourth-order valence-corrected chi connectivity index (χ4v) is 3.01. The molecule has 0 saturated carbocycles. The van der Waals surface area contributed by atoms with Crippen molar-refractivity contribution in [3.05, 3.63) is 5.28 Å². The summed E-state index contributed by atoms with van der Waals surface area (Å²) in [5.74, 6) is 2.14. The van der Waals surface area contributed by atoms with E-state index in [2.05, 4.69) is 39.0 Å². The number of nitrogens with one attached hydrogen (secondary N) is 1. The Hall–Kier alpha value is -1.10. The molecule has 0 radical (unpaired) electrons. The largest absolute Gasteiger partial charge is 0.354 e. The van der Waals surface area contributed by atoms with Gasteiger partial charge in [-0.05, 0) is 43.2 Å². The van der Waals surface area contributed by atoms with Crippen LogP contribution in [0.2, 0.25) is 5.28 Å². The molecule has 1 aromatic rings. The minimum absolute atomic E-state index is 0.271. The van der Waals surface area contributed by atoms with Crippen molar-refractivity contribution in [2.45, 2.75) is 52.4 Å². The Balaban J connectivity index is 2.04. The van der Waals surface area contributed by atoms with Gasteiger partial charge >= 0.3 is 0 Å². The SMILES string of the molecule is CCCNc1nc(Cl)nc(N2CCCC(CCC)CC2)n1. The third-order valence-electron chi connectivity index (χ3n) is 3.96. The molecule has 0 spiro atoms. The third kappa shape index (κ3) is 4.99. The van der Waals surface area contributed by atoms with Crippen LogP contribution < -0.4 is 10.2 Å². The van der Waals surface area contributed by atoms with Gasteiger partial charge in [0, 0.05) is 19.6 Å². The molecule has 1 atom stereocenters. The first kappa shape index (κ1) is 16.3. The van der Waals surface area contributed by atoms with Crippen molar-refractivity contribution >= 4 is 23.5 Å². The normalized spacial score (nSPS) is 19.4. The lowest BCUT2D eigenvalue weighted by molar-refractivity contribution is 0.435. The van der Waals surface area contributed by atoms with Gasteiger partial charge in [-0.25, -0.2) is 0 Å². The van der Waals surface area contributed by atoms with Crippen LogP contribution in [0.25, 0.3) is 0 Å². The molecule has 1 aliphatic rings. The van der Waals surface area contributed by atoms with Crippen LogP contribution in [0.3, 0.4) is 0 Å². The van der Waals surface area contributed by atoms with Crippen LogP contribution in [0.15, 0.2) is 0 Å². The molecule has 0 amide bonds. The van der Waals surface area contributed by atoms with Gasteiger partial charge < -0.3 is 10.2 Å². The summed E-state index contributed by atoms with van der Waals surface area (Å²) in [7, 11) is 0. The van der Waals surface area contributed by atoms with Crippen molar-refractivity contribution in [2.24, 2.45) is 5.92 Å². The lowest BCUT2D eigenvalue weighted by atomic mass is 9.96. The molecule has 2 rings (SSSR count). The first-order valence-electron chi connectivity index (χ1n) is 8.13. The van der Waals surface area contributed by atoms with E-state index in [1.165, 1.54) is 32.1 Å². The van der Waals surface area contributed by atoms with Gasteiger partial charge in [0.1, 0.15) is 0 Å². The lowest BCUT2D eigenvalue weighted by Crippen LogP contribution is -2.27. The molecular weight excluding hydrogens is 286 g/mol. The first-order chi connectivity index (χ1) is 10.2. The number of hydrogen-bond acceptors (Lipinski definition) is 5. The Morgan fingerprint density at radius 1 is 1.14 bits per heavy atom. The molecule has 0 aromatic carbocycles. The fourth-order valence-electron chi connectivity index (χ4n) is 2.86. The van der Waals surface area contributed by atoms with E-state index in [0.29, 0.717) is 11.9 Å². The maximum Gasteiger partial charge on any atom is 0.231 e. The highest BCUT2D eigenvalue weighted by atomic mass is 35.5. The number of aromatic nitrogens is 3. The Morgan fingerprint density at radius 2 is 2.00 bits per heavy atom. The minimum atomic E-state index is 0.271. The molecule has 1 saturated heterocycles. The molecule has 6 heteroatoms. The van der Waals surface area contributed by atoms with Gasteiger partial charge in [0.15, 0.2) is 0 Å². The lowest BCUT2D eigenvalue weighted by Gasteiger charge is -2.21.